The highest BCUT2D eigenvalue weighted by Crippen LogP contribution is 2.38. The lowest BCUT2D eigenvalue weighted by atomic mass is 10.0. The zero-order valence-electron chi connectivity index (χ0n) is 11.3. The summed E-state index contributed by atoms with van der Waals surface area (Å²) in [5.74, 6) is 0. The topological polar surface area (TPSA) is 49.4 Å². The van der Waals surface area contributed by atoms with Crippen molar-refractivity contribution >= 4 is 32.7 Å². The predicted molar refractivity (Wildman–Crippen MR) is 83.0 cm³/mol. The molecule has 3 rings (SSSR count). The van der Waals surface area contributed by atoms with E-state index in [0.717, 1.165) is 5.69 Å². The summed E-state index contributed by atoms with van der Waals surface area (Å²) < 4.78 is 27.5. The van der Waals surface area contributed by atoms with Gasteiger partial charge in [-0.15, -0.1) is 11.3 Å². The van der Waals surface area contributed by atoms with Crippen LogP contribution < -0.4 is 9.62 Å². The summed E-state index contributed by atoms with van der Waals surface area (Å²) in [5, 5.41) is 5.16. The Morgan fingerprint density at radius 1 is 1.20 bits per heavy atom. The normalized spacial score (nSPS) is 17.4. The second kappa shape index (κ2) is 4.49. The van der Waals surface area contributed by atoms with Crippen LogP contribution in [0.15, 0.2) is 46.0 Å². The molecule has 2 heterocycles. The molecule has 20 heavy (non-hydrogen) atoms. The van der Waals surface area contributed by atoms with Gasteiger partial charge in [-0.25, -0.2) is 8.42 Å². The highest BCUT2D eigenvalue weighted by atomic mass is 32.2. The van der Waals surface area contributed by atoms with Crippen LogP contribution in [0.3, 0.4) is 0 Å². The summed E-state index contributed by atoms with van der Waals surface area (Å²) in [7, 11) is -3.49. The molecule has 0 bridgehead atoms. The number of nitrogens with zero attached hydrogens (tertiary/aromatic N) is 1. The minimum absolute atomic E-state index is 0.307. The molecule has 106 valence electrons. The molecule has 0 amide bonds. The van der Waals surface area contributed by atoms with Crippen LogP contribution in [-0.2, 0) is 10.0 Å². The van der Waals surface area contributed by atoms with E-state index < -0.39 is 10.0 Å². The van der Waals surface area contributed by atoms with Gasteiger partial charge in [-0.2, -0.15) is 0 Å². The minimum Gasteiger partial charge on any atom is -0.377 e. The Morgan fingerprint density at radius 3 is 2.65 bits per heavy atom. The van der Waals surface area contributed by atoms with Crippen LogP contribution in [0.4, 0.5) is 11.4 Å². The van der Waals surface area contributed by atoms with Gasteiger partial charge in [-0.1, -0.05) is 18.2 Å². The third kappa shape index (κ3) is 2.19. The Hall–Kier alpha value is -1.53. The number of fused-ring (bicyclic) bond motifs is 1. The van der Waals surface area contributed by atoms with Crippen molar-refractivity contribution in [3.8, 4) is 0 Å². The Morgan fingerprint density at radius 2 is 1.95 bits per heavy atom. The molecule has 1 N–H and O–H groups in total. The number of para-hydroxylation sites is 2. The first kappa shape index (κ1) is 13.5. The fourth-order valence-corrected chi connectivity index (χ4v) is 5.13. The molecule has 1 aromatic carbocycles. The first-order chi connectivity index (χ1) is 9.40. The molecular weight excluding hydrogens is 292 g/mol. The molecule has 0 radical (unpaired) electrons. The van der Waals surface area contributed by atoms with Gasteiger partial charge in [0.1, 0.15) is 4.21 Å². The highest BCUT2D eigenvalue weighted by molar-refractivity contribution is 7.94. The molecule has 6 heteroatoms. The van der Waals surface area contributed by atoms with Gasteiger partial charge in [0.15, 0.2) is 0 Å². The monoisotopic (exact) mass is 308 g/mol. The van der Waals surface area contributed by atoms with Crippen molar-refractivity contribution in [2.75, 3.05) is 16.2 Å². The van der Waals surface area contributed by atoms with E-state index in [9.17, 15) is 8.42 Å². The van der Waals surface area contributed by atoms with E-state index in [1.807, 2.05) is 38.1 Å². The zero-order chi connectivity index (χ0) is 14.4. The quantitative estimate of drug-likeness (QED) is 0.927. The van der Waals surface area contributed by atoms with Crippen molar-refractivity contribution in [2.45, 2.75) is 23.6 Å². The average molecular weight is 308 g/mol. The summed E-state index contributed by atoms with van der Waals surface area (Å²) in [6.45, 7) is 4.41. The van der Waals surface area contributed by atoms with E-state index in [1.54, 1.807) is 17.5 Å². The smallest absolute Gasteiger partial charge is 0.273 e. The number of rotatable bonds is 2. The second-order valence-corrected chi connectivity index (χ2v) is 8.51. The number of anilines is 2. The number of benzene rings is 1. The lowest BCUT2D eigenvalue weighted by Gasteiger charge is -2.40. The summed E-state index contributed by atoms with van der Waals surface area (Å²) in [4.78, 5) is 0. The Kier molecular flexibility index (Phi) is 3.02. The van der Waals surface area contributed by atoms with Crippen LogP contribution in [0.25, 0.3) is 0 Å². The first-order valence-electron chi connectivity index (χ1n) is 6.34. The Balaban J connectivity index is 2.14. The van der Waals surface area contributed by atoms with Gasteiger partial charge in [0.2, 0.25) is 0 Å². The van der Waals surface area contributed by atoms with E-state index >= 15 is 0 Å². The maximum absolute atomic E-state index is 12.8. The van der Waals surface area contributed by atoms with Crippen LogP contribution in [0.5, 0.6) is 0 Å². The summed E-state index contributed by atoms with van der Waals surface area (Å²) in [5.41, 5.74) is 1.25. The minimum atomic E-state index is -3.49. The van der Waals surface area contributed by atoms with Crippen LogP contribution in [0.1, 0.15) is 13.8 Å². The van der Waals surface area contributed by atoms with Crippen molar-refractivity contribution in [1.29, 1.82) is 0 Å². The van der Waals surface area contributed by atoms with Crippen LogP contribution in [0, 0.1) is 0 Å². The molecule has 0 atom stereocenters. The molecule has 4 nitrogen and oxygen atoms in total. The van der Waals surface area contributed by atoms with Crippen molar-refractivity contribution in [3.63, 3.8) is 0 Å². The summed E-state index contributed by atoms with van der Waals surface area (Å²) >= 11 is 1.25. The van der Waals surface area contributed by atoms with Gasteiger partial charge in [0.05, 0.1) is 23.5 Å². The molecule has 0 unspecified atom stereocenters. The maximum atomic E-state index is 12.8. The van der Waals surface area contributed by atoms with Crippen LogP contribution >= 0.6 is 11.3 Å². The van der Waals surface area contributed by atoms with Crippen molar-refractivity contribution in [3.05, 3.63) is 41.8 Å². The molecule has 2 aromatic rings. The molecule has 1 aliphatic heterocycles. The fourth-order valence-electron chi connectivity index (χ4n) is 2.38. The fraction of sp³-hybridized carbons (Fsp3) is 0.286. The van der Waals surface area contributed by atoms with Gasteiger partial charge in [0, 0.05) is 0 Å². The van der Waals surface area contributed by atoms with Gasteiger partial charge in [-0.05, 0) is 37.4 Å². The van der Waals surface area contributed by atoms with E-state index in [1.165, 1.54) is 15.6 Å². The number of thiophene rings is 1. The molecule has 1 aliphatic rings. The molecule has 0 fully saturated rings. The lowest BCUT2D eigenvalue weighted by Crippen LogP contribution is -2.50. The maximum Gasteiger partial charge on any atom is 0.273 e. The molecule has 0 saturated heterocycles. The molecule has 0 spiro atoms. The second-order valence-electron chi connectivity index (χ2n) is 5.47. The molecule has 0 saturated carbocycles. The standard InChI is InChI=1S/C14H16N2O2S2/c1-14(2)10-16(12-7-4-3-6-11(12)15-14)20(17,18)13-8-5-9-19-13/h3-9,15H,10H2,1-2H3. The first-order valence-corrected chi connectivity index (χ1v) is 8.66. The number of hydrogen-bond acceptors (Lipinski definition) is 4. The largest absolute Gasteiger partial charge is 0.377 e. The van der Waals surface area contributed by atoms with Crippen LogP contribution in [0.2, 0.25) is 0 Å². The SMILES string of the molecule is CC1(C)CN(S(=O)(=O)c2cccs2)c2ccccc2N1. The van der Waals surface area contributed by atoms with E-state index in [4.69, 9.17) is 0 Å². The van der Waals surface area contributed by atoms with E-state index in [2.05, 4.69) is 5.32 Å². The Labute approximate surface area is 123 Å². The molecular formula is C14H16N2O2S2. The Bertz CT molecular complexity index is 721. The predicted octanol–water partition coefficient (Wildman–Crippen LogP) is 3.15. The number of nitrogens with one attached hydrogen (secondary N) is 1. The van der Waals surface area contributed by atoms with Gasteiger partial charge >= 0.3 is 0 Å². The van der Waals surface area contributed by atoms with Crippen molar-refractivity contribution < 1.29 is 8.42 Å². The van der Waals surface area contributed by atoms with Gasteiger partial charge < -0.3 is 5.32 Å². The van der Waals surface area contributed by atoms with Crippen molar-refractivity contribution in [1.82, 2.24) is 0 Å². The summed E-state index contributed by atoms with van der Waals surface area (Å²) in [6.07, 6.45) is 0. The number of sulfonamides is 1. The molecule has 0 aliphatic carbocycles. The van der Waals surface area contributed by atoms with Gasteiger partial charge in [0.25, 0.3) is 10.0 Å². The highest BCUT2D eigenvalue weighted by Gasteiger charge is 2.36. The van der Waals surface area contributed by atoms with E-state index in [-0.39, 0.29) is 5.54 Å². The van der Waals surface area contributed by atoms with Gasteiger partial charge in [-0.3, -0.25) is 4.31 Å². The summed E-state index contributed by atoms with van der Waals surface area (Å²) in [6, 6.07) is 10.9. The average Bonchev–Trinajstić information content (AvgIpc) is 2.91. The van der Waals surface area contributed by atoms with E-state index in [0.29, 0.717) is 16.4 Å². The van der Waals surface area contributed by atoms with Crippen molar-refractivity contribution in [2.24, 2.45) is 0 Å². The number of hydrogen-bond donors (Lipinski definition) is 1. The lowest BCUT2D eigenvalue weighted by molar-refractivity contribution is 0.544. The third-order valence-electron chi connectivity index (χ3n) is 3.22. The third-order valence-corrected chi connectivity index (χ3v) is 6.36. The van der Waals surface area contributed by atoms with Crippen LogP contribution in [-0.4, -0.2) is 20.5 Å². The zero-order valence-corrected chi connectivity index (χ0v) is 13.0. The molecule has 1 aromatic heterocycles.